The van der Waals surface area contributed by atoms with Crippen molar-refractivity contribution in [3.63, 3.8) is 0 Å². The molecule has 0 aromatic rings. The molecule has 1 N–H and O–H groups in total. The van der Waals surface area contributed by atoms with Gasteiger partial charge in [-0.3, -0.25) is 4.90 Å². The second-order valence-corrected chi connectivity index (χ2v) is 7.74. The van der Waals surface area contributed by atoms with E-state index in [9.17, 15) is 0 Å². The molecule has 3 heteroatoms. The molecule has 2 fully saturated rings. The maximum atomic E-state index is 5.88. The van der Waals surface area contributed by atoms with Crippen LogP contribution in [0.5, 0.6) is 0 Å². The van der Waals surface area contributed by atoms with Crippen LogP contribution in [0.15, 0.2) is 0 Å². The van der Waals surface area contributed by atoms with Crippen LogP contribution in [0.1, 0.15) is 59.3 Å². The van der Waals surface area contributed by atoms with Crippen molar-refractivity contribution in [1.82, 2.24) is 10.2 Å². The van der Waals surface area contributed by atoms with E-state index < -0.39 is 0 Å². The molecule has 1 heterocycles. The van der Waals surface area contributed by atoms with Gasteiger partial charge in [0.05, 0.1) is 6.61 Å². The number of nitrogens with one attached hydrogen (secondary N) is 1. The van der Waals surface area contributed by atoms with Crippen LogP contribution >= 0.6 is 0 Å². The second kappa shape index (κ2) is 8.50. The maximum Gasteiger partial charge on any atom is 0.0546 e. The van der Waals surface area contributed by atoms with Crippen LogP contribution in [0.3, 0.4) is 0 Å². The van der Waals surface area contributed by atoms with Crippen LogP contribution in [-0.4, -0.2) is 50.3 Å². The van der Waals surface area contributed by atoms with E-state index in [0.29, 0.717) is 5.41 Å². The Morgan fingerprint density at radius 3 is 2.71 bits per heavy atom. The highest BCUT2D eigenvalue weighted by atomic mass is 16.5. The molecule has 1 aliphatic carbocycles. The molecule has 0 amide bonds. The van der Waals surface area contributed by atoms with Crippen molar-refractivity contribution in [2.24, 2.45) is 11.3 Å². The summed E-state index contributed by atoms with van der Waals surface area (Å²) in [5.41, 5.74) is 0.351. The van der Waals surface area contributed by atoms with Crippen LogP contribution in [0.2, 0.25) is 0 Å². The standard InChI is InChI=1S/C18H36N2O/c1-4-5-10-20(17-7-8-17)14-18(9-6-11-21-15-18)13-19-12-16(2)3/h16-17,19H,4-15H2,1-3H3. The first-order chi connectivity index (χ1) is 10.2. The predicted molar refractivity (Wildman–Crippen MR) is 89.7 cm³/mol. The first kappa shape index (κ1) is 17.2. The van der Waals surface area contributed by atoms with Gasteiger partial charge in [-0.25, -0.2) is 0 Å². The normalized spacial score (nSPS) is 26.7. The number of hydrogen-bond acceptors (Lipinski definition) is 3. The maximum absolute atomic E-state index is 5.88. The summed E-state index contributed by atoms with van der Waals surface area (Å²) < 4.78 is 5.88. The highest BCUT2D eigenvalue weighted by Crippen LogP contribution is 2.34. The molecule has 3 nitrogen and oxygen atoms in total. The van der Waals surface area contributed by atoms with E-state index >= 15 is 0 Å². The van der Waals surface area contributed by atoms with Crippen LogP contribution in [0.4, 0.5) is 0 Å². The van der Waals surface area contributed by atoms with Crippen LogP contribution in [-0.2, 0) is 4.74 Å². The third-order valence-corrected chi connectivity index (χ3v) is 4.86. The Hall–Kier alpha value is -0.120. The Kier molecular flexibility index (Phi) is 6.97. The topological polar surface area (TPSA) is 24.5 Å². The number of nitrogens with zero attached hydrogens (tertiary/aromatic N) is 1. The third-order valence-electron chi connectivity index (χ3n) is 4.86. The van der Waals surface area contributed by atoms with Crippen molar-refractivity contribution in [2.75, 3.05) is 39.4 Å². The summed E-state index contributed by atoms with van der Waals surface area (Å²) in [6.07, 6.45) is 8.04. The minimum absolute atomic E-state index is 0.351. The Morgan fingerprint density at radius 2 is 2.14 bits per heavy atom. The lowest BCUT2D eigenvalue weighted by atomic mass is 9.81. The molecule has 124 valence electrons. The molecule has 1 aliphatic heterocycles. The fourth-order valence-corrected chi connectivity index (χ4v) is 3.48. The van der Waals surface area contributed by atoms with Gasteiger partial charge in [0.25, 0.3) is 0 Å². The molecule has 0 aromatic carbocycles. The summed E-state index contributed by atoms with van der Waals surface area (Å²) in [4.78, 5) is 2.77. The Bertz CT molecular complexity index is 283. The molecule has 2 aliphatic rings. The first-order valence-electron chi connectivity index (χ1n) is 9.18. The summed E-state index contributed by atoms with van der Waals surface area (Å²) in [6.45, 7) is 13.6. The van der Waals surface area contributed by atoms with Crippen LogP contribution < -0.4 is 5.32 Å². The summed E-state index contributed by atoms with van der Waals surface area (Å²) >= 11 is 0. The number of rotatable bonds is 10. The zero-order chi connectivity index (χ0) is 15.1. The first-order valence-corrected chi connectivity index (χ1v) is 9.18. The molecule has 1 saturated heterocycles. The van der Waals surface area contributed by atoms with E-state index in [1.807, 2.05) is 0 Å². The monoisotopic (exact) mass is 296 g/mol. The summed E-state index contributed by atoms with van der Waals surface area (Å²) in [6, 6.07) is 0.875. The fraction of sp³-hybridized carbons (Fsp3) is 1.00. The van der Waals surface area contributed by atoms with Gasteiger partial charge < -0.3 is 10.1 Å². The van der Waals surface area contributed by atoms with Gasteiger partial charge in [0.1, 0.15) is 0 Å². The largest absolute Gasteiger partial charge is 0.381 e. The zero-order valence-corrected chi connectivity index (χ0v) is 14.5. The highest BCUT2D eigenvalue weighted by Gasteiger charge is 2.38. The van der Waals surface area contributed by atoms with Crippen molar-refractivity contribution in [3.05, 3.63) is 0 Å². The van der Waals surface area contributed by atoms with Crippen molar-refractivity contribution in [1.29, 1.82) is 0 Å². The SMILES string of the molecule is CCCCN(CC1(CNCC(C)C)CCCOC1)C1CC1. The molecule has 1 saturated carbocycles. The number of unbranched alkanes of at least 4 members (excludes halogenated alkanes) is 1. The summed E-state index contributed by atoms with van der Waals surface area (Å²) in [7, 11) is 0. The predicted octanol–water partition coefficient (Wildman–Crippen LogP) is 3.29. The third kappa shape index (κ3) is 5.88. The smallest absolute Gasteiger partial charge is 0.0546 e. The molecule has 1 unspecified atom stereocenters. The number of ether oxygens (including phenoxy) is 1. The molecule has 21 heavy (non-hydrogen) atoms. The highest BCUT2D eigenvalue weighted by molar-refractivity contribution is 4.92. The molecule has 2 rings (SSSR count). The molecular formula is C18H36N2O. The lowest BCUT2D eigenvalue weighted by Gasteiger charge is -2.41. The van der Waals surface area contributed by atoms with Gasteiger partial charge >= 0.3 is 0 Å². The second-order valence-electron chi connectivity index (χ2n) is 7.74. The van der Waals surface area contributed by atoms with E-state index in [4.69, 9.17) is 4.74 Å². The minimum Gasteiger partial charge on any atom is -0.381 e. The van der Waals surface area contributed by atoms with Gasteiger partial charge in [-0.15, -0.1) is 0 Å². The van der Waals surface area contributed by atoms with Crippen LogP contribution in [0, 0.1) is 11.3 Å². The molecule has 0 radical (unpaired) electrons. The van der Waals surface area contributed by atoms with Gasteiger partial charge in [-0.2, -0.15) is 0 Å². The molecule has 0 spiro atoms. The zero-order valence-electron chi connectivity index (χ0n) is 14.5. The van der Waals surface area contributed by atoms with Crippen molar-refractivity contribution in [2.45, 2.75) is 65.3 Å². The van der Waals surface area contributed by atoms with E-state index in [-0.39, 0.29) is 0 Å². The Balaban J connectivity index is 1.89. The van der Waals surface area contributed by atoms with Gasteiger partial charge in [-0.1, -0.05) is 27.2 Å². The summed E-state index contributed by atoms with van der Waals surface area (Å²) in [5.74, 6) is 0.728. The molecular weight excluding hydrogens is 260 g/mol. The van der Waals surface area contributed by atoms with E-state index in [0.717, 1.165) is 38.3 Å². The average Bonchev–Trinajstić information content (AvgIpc) is 3.29. The van der Waals surface area contributed by atoms with E-state index in [1.54, 1.807) is 0 Å². The summed E-state index contributed by atoms with van der Waals surface area (Å²) in [5, 5.41) is 3.71. The minimum atomic E-state index is 0.351. The fourth-order valence-electron chi connectivity index (χ4n) is 3.48. The lowest BCUT2D eigenvalue weighted by molar-refractivity contribution is -0.0279. The van der Waals surface area contributed by atoms with Gasteiger partial charge in [0.15, 0.2) is 0 Å². The Morgan fingerprint density at radius 1 is 1.33 bits per heavy atom. The average molecular weight is 296 g/mol. The number of hydrogen-bond donors (Lipinski definition) is 1. The molecule has 0 bridgehead atoms. The van der Waals surface area contributed by atoms with Crippen molar-refractivity contribution in [3.8, 4) is 0 Å². The quantitative estimate of drug-likeness (QED) is 0.669. The lowest BCUT2D eigenvalue weighted by Crippen LogP contribution is -2.50. The van der Waals surface area contributed by atoms with E-state index in [1.165, 1.54) is 51.6 Å². The Labute approximate surface area is 131 Å². The van der Waals surface area contributed by atoms with E-state index in [2.05, 4.69) is 31.0 Å². The molecule has 0 aromatic heterocycles. The van der Waals surface area contributed by atoms with Crippen LogP contribution in [0.25, 0.3) is 0 Å². The van der Waals surface area contributed by atoms with Gasteiger partial charge in [0, 0.05) is 31.2 Å². The van der Waals surface area contributed by atoms with Crippen molar-refractivity contribution < 1.29 is 4.74 Å². The van der Waals surface area contributed by atoms with Crippen molar-refractivity contribution >= 4 is 0 Å². The van der Waals surface area contributed by atoms with Gasteiger partial charge in [0.2, 0.25) is 0 Å². The molecule has 1 atom stereocenters. The van der Waals surface area contributed by atoms with Gasteiger partial charge in [-0.05, 0) is 51.1 Å².